The molecule has 0 atom stereocenters. The van der Waals surface area contributed by atoms with Crippen molar-refractivity contribution in [2.45, 2.75) is 77.1 Å². The SMILES string of the molecule is CC(C)Cc1cc(-c2[c-]ccc(-c3ccccc3)c2)nc[c]1[Ge]([CH3])([CH3])[CH3].CC(C)c1cccc(C(C)C)c1-n1c(-c2[c-]cc3sc4ccccc4c3c2)nc2ccccc21.[Ir]. The van der Waals surface area contributed by atoms with Gasteiger partial charge >= 0.3 is 161 Å². The maximum Gasteiger partial charge on any atom is 0.0774 e. The number of rotatable bonds is 9. The van der Waals surface area contributed by atoms with Gasteiger partial charge in [0.1, 0.15) is 0 Å². The maximum atomic E-state index is 5.17. The van der Waals surface area contributed by atoms with E-state index in [-0.39, 0.29) is 20.1 Å². The van der Waals surface area contributed by atoms with Crippen molar-refractivity contribution in [3.05, 3.63) is 168 Å². The van der Waals surface area contributed by atoms with E-state index in [1.54, 1.807) is 0 Å². The number of pyridine rings is 1. The number of para-hydroxylation sites is 3. The normalized spacial score (nSPS) is 11.7. The minimum Gasteiger partial charge on any atom is -0.333 e. The third kappa shape index (κ3) is 9.42. The first kappa shape index (κ1) is 44.4. The summed E-state index contributed by atoms with van der Waals surface area (Å²) in [5.41, 5.74) is 13.2. The molecule has 0 fully saturated rings. The average molecular weight is 1050 g/mol. The molecule has 61 heavy (non-hydrogen) atoms. The Morgan fingerprint density at radius 3 is 2.05 bits per heavy atom. The van der Waals surface area contributed by atoms with Crippen LogP contribution in [-0.4, -0.2) is 27.8 Å². The molecular weight excluding hydrogens is 1000 g/mol. The first-order valence-electron chi connectivity index (χ1n) is 21.4. The van der Waals surface area contributed by atoms with Crippen LogP contribution in [0.25, 0.3) is 70.7 Å². The second-order valence-electron chi connectivity index (χ2n) is 18.0. The van der Waals surface area contributed by atoms with Crippen LogP contribution in [0, 0.1) is 18.1 Å². The summed E-state index contributed by atoms with van der Waals surface area (Å²) in [5, 5.41) is 2.57. The van der Waals surface area contributed by atoms with Gasteiger partial charge in [0.25, 0.3) is 0 Å². The Balaban J connectivity index is 0.000000188. The summed E-state index contributed by atoms with van der Waals surface area (Å²) < 4.78 is 6.48. The van der Waals surface area contributed by atoms with Gasteiger partial charge < -0.3 is 4.57 Å². The molecular formula is C55H55GeIrN3S-2. The van der Waals surface area contributed by atoms with Crippen molar-refractivity contribution < 1.29 is 20.1 Å². The van der Waals surface area contributed by atoms with Gasteiger partial charge in [-0.25, -0.2) is 0 Å². The molecule has 6 aromatic carbocycles. The Morgan fingerprint density at radius 2 is 1.34 bits per heavy atom. The van der Waals surface area contributed by atoms with E-state index in [0.29, 0.717) is 17.8 Å². The van der Waals surface area contributed by atoms with E-state index in [4.69, 9.17) is 9.97 Å². The molecule has 9 aromatic rings. The third-order valence-electron chi connectivity index (χ3n) is 11.3. The molecule has 3 aromatic heterocycles. The van der Waals surface area contributed by atoms with Crippen molar-refractivity contribution in [2.24, 2.45) is 5.92 Å². The van der Waals surface area contributed by atoms with Gasteiger partial charge in [-0.1, -0.05) is 81.6 Å². The fourth-order valence-electron chi connectivity index (χ4n) is 8.35. The molecule has 0 aliphatic rings. The Kier molecular flexibility index (Phi) is 13.7. The van der Waals surface area contributed by atoms with Gasteiger partial charge in [-0.05, 0) is 51.2 Å². The molecule has 3 heterocycles. The Morgan fingerprint density at radius 1 is 0.656 bits per heavy atom. The van der Waals surface area contributed by atoms with Crippen molar-refractivity contribution in [3.8, 4) is 39.5 Å². The zero-order chi connectivity index (χ0) is 42.1. The van der Waals surface area contributed by atoms with Gasteiger partial charge in [-0.2, -0.15) is 11.3 Å². The van der Waals surface area contributed by atoms with Crippen molar-refractivity contribution in [1.29, 1.82) is 0 Å². The van der Waals surface area contributed by atoms with E-state index in [9.17, 15) is 0 Å². The summed E-state index contributed by atoms with van der Waals surface area (Å²) in [6.45, 7) is 13.7. The van der Waals surface area contributed by atoms with Crippen molar-refractivity contribution in [2.75, 3.05) is 0 Å². The van der Waals surface area contributed by atoms with E-state index in [1.807, 2.05) is 17.4 Å². The second-order valence-corrected chi connectivity index (χ2v) is 29.7. The minimum absolute atomic E-state index is 0. The predicted molar refractivity (Wildman–Crippen MR) is 262 cm³/mol. The third-order valence-corrected chi connectivity index (χ3v) is 16.8. The van der Waals surface area contributed by atoms with E-state index < -0.39 is 13.3 Å². The number of hydrogen-bond acceptors (Lipinski definition) is 3. The fraction of sp³-hybridized carbons (Fsp3) is 0.236. The molecule has 9 rings (SSSR count). The zero-order valence-electron chi connectivity index (χ0n) is 36.8. The number of fused-ring (bicyclic) bond motifs is 4. The number of hydrogen-bond donors (Lipinski definition) is 0. The average Bonchev–Trinajstić information content (AvgIpc) is 3.82. The van der Waals surface area contributed by atoms with Gasteiger partial charge in [0.2, 0.25) is 0 Å². The summed E-state index contributed by atoms with van der Waals surface area (Å²) in [5.74, 6) is 9.74. The molecule has 0 N–H and O–H groups in total. The molecule has 0 aliphatic heterocycles. The van der Waals surface area contributed by atoms with Crippen LogP contribution in [0.5, 0.6) is 0 Å². The van der Waals surface area contributed by atoms with Gasteiger partial charge in [-0.15, -0.1) is 23.8 Å². The van der Waals surface area contributed by atoms with E-state index in [1.165, 1.54) is 58.1 Å². The van der Waals surface area contributed by atoms with Crippen LogP contribution < -0.4 is 4.40 Å². The monoisotopic (exact) mass is 1060 g/mol. The number of thiophene rings is 1. The van der Waals surface area contributed by atoms with Gasteiger partial charge in [0, 0.05) is 30.5 Å². The maximum absolute atomic E-state index is 5.17. The summed E-state index contributed by atoms with van der Waals surface area (Å²) in [6, 6.07) is 54.4. The zero-order valence-corrected chi connectivity index (χ0v) is 42.1. The smallest absolute Gasteiger partial charge is 0.0774 e. The number of imidazole rings is 1. The topological polar surface area (TPSA) is 30.7 Å². The van der Waals surface area contributed by atoms with Crippen LogP contribution in [-0.2, 0) is 26.5 Å². The number of benzene rings is 6. The molecule has 0 saturated carbocycles. The first-order chi connectivity index (χ1) is 28.9. The summed E-state index contributed by atoms with van der Waals surface area (Å²) in [7, 11) is 0. The standard InChI is InChI=1S/C31H27N2S.C24H28GeN.Ir/c1-19(2)22-11-9-12-23(20(3)4)30(22)33-27-14-7-6-13-26(27)32-31(33)21-16-17-29-25(18-21)24-10-5-8-15-28(24)34-29;1-18(2)14-22-16-24(26-17-23(22)25(3,4)5)21-13-9-12-20(15-21)19-10-7-6-8-11-19;/h5-15,17-20H,1-4H3;6-12,15-18H,14H2,1-5H3;/q2*-1;. The molecule has 0 saturated heterocycles. The molecule has 311 valence electrons. The predicted octanol–water partition coefficient (Wildman–Crippen LogP) is 15.1. The van der Waals surface area contributed by atoms with E-state index >= 15 is 0 Å². The van der Waals surface area contributed by atoms with Gasteiger partial charge in [0.05, 0.1) is 16.9 Å². The Bertz CT molecular complexity index is 2910. The fourth-order valence-corrected chi connectivity index (χ4v) is 12.8. The first-order valence-corrected chi connectivity index (χ1v) is 29.5. The molecule has 6 heteroatoms. The summed E-state index contributed by atoms with van der Waals surface area (Å²) in [6.07, 6.45) is 3.27. The Hall–Kier alpha value is -4.65. The van der Waals surface area contributed by atoms with Crippen LogP contribution in [0.4, 0.5) is 0 Å². The molecule has 0 bridgehead atoms. The van der Waals surface area contributed by atoms with Gasteiger partial charge in [-0.3, -0.25) is 4.98 Å². The van der Waals surface area contributed by atoms with Crippen molar-refractivity contribution in [3.63, 3.8) is 0 Å². The van der Waals surface area contributed by atoms with Crippen LogP contribution in [0.15, 0.2) is 140 Å². The van der Waals surface area contributed by atoms with Crippen LogP contribution >= 0.6 is 11.3 Å². The van der Waals surface area contributed by atoms with Crippen LogP contribution in [0.1, 0.15) is 70.1 Å². The molecule has 0 unspecified atom stereocenters. The minimum atomic E-state index is -1.93. The quantitative estimate of drug-likeness (QED) is 0.107. The molecule has 0 aliphatic carbocycles. The molecule has 0 spiro atoms. The van der Waals surface area contributed by atoms with Crippen LogP contribution in [0.2, 0.25) is 17.3 Å². The number of aromatic nitrogens is 3. The van der Waals surface area contributed by atoms with Crippen molar-refractivity contribution >= 4 is 60.2 Å². The van der Waals surface area contributed by atoms with E-state index in [2.05, 4.69) is 209 Å². The molecule has 1 radical (unpaired) electrons. The van der Waals surface area contributed by atoms with Crippen molar-refractivity contribution in [1.82, 2.24) is 14.5 Å². The second kappa shape index (κ2) is 18.8. The largest absolute Gasteiger partial charge is 0.333 e. The Labute approximate surface area is 383 Å². The summed E-state index contributed by atoms with van der Waals surface area (Å²) in [4.78, 5) is 10.0. The van der Waals surface area contributed by atoms with E-state index in [0.717, 1.165) is 40.1 Å². The number of nitrogens with zero attached hydrogens (tertiary/aromatic N) is 3. The summed E-state index contributed by atoms with van der Waals surface area (Å²) >= 11 is -0.107. The molecule has 0 amide bonds. The van der Waals surface area contributed by atoms with Crippen LogP contribution in [0.3, 0.4) is 0 Å². The van der Waals surface area contributed by atoms with Gasteiger partial charge in [0.15, 0.2) is 0 Å². The molecule has 3 nitrogen and oxygen atoms in total.